The van der Waals surface area contributed by atoms with Gasteiger partial charge in [-0.1, -0.05) is 58.0 Å². The number of fused-ring (bicyclic) bond motifs is 1. The Morgan fingerprint density at radius 1 is 0.864 bits per heavy atom. The van der Waals surface area contributed by atoms with Crippen molar-refractivity contribution in [2.75, 3.05) is 13.1 Å². The molecule has 120 valence electrons. The van der Waals surface area contributed by atoms with Gasteiger partial charge >= 0.3 is 0 Å². The van der Waals surface area contributed by atoms with Crippen LogP contribution in [-0.2, 0) is 10.0 Å². The van der Waals surface area contributed by atoms with E-state index in [2.05, 4.69) is 0 Å². The molecule has 0 bridgehead atoms. The maximum Gasteiger partial charge on any atom is 0.243 e. The summed E-state index contributed by atoms with van der Waals surface area (Å²) >= 11 is 0. The fourth-order valence-electron chi connectivity index (χ4n) is 2.56. The normalized spacial score (nSPS) is 12.7. The summed E-state index contributed by atoms with van der Waals surface area (Å²) in [5, 5.41) is 2.01. The van der Waals surface area contributed by atoms with E-state index in [1.54, 1.807) is 16.4 Å². The minimum Gasteiger partial charge on any atom is -0.207 e. The lowest BCUT2D eigenvalue weighted by Crippen LogP contribution is -2.37. The maximum absolute atomic E-state index is 13.0. The van der Waals surface area contributed by atoms with Crippen molar-refractivity contribution in [1.29, 1.82) is 0 Å². The monoisotopic (exact) mass is 319 g/mol. The topological polar surface area (TPSA) is 37.4 Å². The molecule has 0 spiro atoms. The highest BCUT2D eigenvalue weighted by atomic mass is 32.2. The molecule has 0 aromatic heterocycles. The molecule has 0 saturated carbocycles. The van der Waals surface area contributed by atoms with Crippen molar-refractivity contribution in [2.24, 2.45) is 11.8 Å². The molecule has 0 amide bonds. The summed E-state index contributed by atoms with van der Waals surface area (Å²) in [6.45, 7) is 9.28. The highest BCUT2D eigenvalue weighted by Gasteiger charge is 2.25. The van der Waals surface area contributed by atoms with Crippen LogP contribution in [0.3, 0.4) is 0 Å². The quantitative estimate of drug-likeness (QED) is 0.802. The molecule has 0 N–H and O–H groups in total. The Balaban J connectivity index is 2.43. The summed E-state index contributed by atoms with van der Waals surface area (Å²) in [6, 6.07) is 13.2. The zero-order valence-electron chi connectivity index (χ0n) is 13.8. The molecule has 4 heteroatoms. The Morgan fingerprint density at radius 2 is 1.41 bits per heavy atom. The summed E-state index contributed by atoms with van der Waals surface area (Å²) < 4.78 is 27.6. The third-order valence-electron chi connectivity index (χ3n) is 3.50. The molecular formula is C18H25NO2S. The van der Waals surface area contributed by atoms with Crippen LogP contribution in [0.2, 0.25) is 0 Å². The number of hydrogen-bond donors (Lipinski definition) is 0. The van der Waals surface area contributed by atoms with E-state index in [-0.39, 0.29) is 0 Å². The fourth-order valence-corrected chi connectivity index (χ4v) is 4.37. The van der Waals surface area contributed by atoms with Crippen molar-refractivity contribution in [3.05, 3.63) is 42.5 Å². The predicted octanol–water partition coefficient (Wildman–Crippen LogP) is 4.14. The smallest absolute Gasteiger partial charge is 0.207 e. The van der Waals surface area contributed by atoms with Crippen LogP contribution in [-0.4, -0.2) is 25.8 Å². The second kappa shape index (κ2) is 6.80. The standard InChI is InChI=1S/C18H25NO2S/c1-14(2)12-19(13-15(3)4)22(20,21)18-10-9-16-7-5-6-8-17(16)11-18/h5-11,14-15H,12-13H2,1-4H3. The zero-order valence-corrected chi connectivity index (χ0v) is 14.6. The van der Waals surface area contributed by atoms with Crippen LogP contribution in [0.25, 0.3) is 10.8 Å². The van der Waals surface area contributed by atoms with E-state index in [9.17, 15) is 8.42 Å². The van der Waals surface area contributed by atoms with Crippen LogP contribution in [0.1, 0.15) is 27.7 Å². The van der Waals surface area contributed by atoms with E-state index in [0.717, 1.165) is 10.8 Å². The largest absolute Gasteiger partial charge is 0.243 e. The van der Waals surface area contributed by atoms with Crippen molar-refractivity contribution in [2.45, 2.75) is 32.6 Å². The zero-order chi connectivity index (χ0) is 16.3. The summed E-state index contributed by atoms with van der Waals surface area (Å²) in [4.78, 5) is 0.382. The first kappa shape index (κ1) is 17.0. The Labute approximate surface area is 134 Å². The number of nitrogens with zero attached hydrogens (tertiary/aromatic N) is 1. The second-order valence-electron chi connectivity index (χ2n) is 6.62. The van der Waals surface area contributed by atoms with Gasteiger partial charge in [-0.05, 0) is 34.7 Å². The Morgan fingerprint density at radius 3 is 1.95 bits per heavy atom. The molecule has 0 fully saturated rings. The van der Waals surface area contributed by atoms with Gasteiger partial charge in [0, 0.05) is 13.1 Å². The van der Waals surface area contributed by atoms with Crippen molar-refractivity contribution >= 4 is 20.8 Å². The lowest BCUT2D eigenvalue weighted by molar-refractivity contribution is 0.333. The van der Waals surface area contributed by atoms with Crippen molar-refractivity contribution in [3.63, 3.8) is 0 Å². The average molecular weight is 319 g/mol. The Kier molecular flexibility index (Phi) is 5.24. The van der Waals surface area contributed by atoms with E-state index in [0.29, 0.717) is 29.8 Å². The molecule has 2 rings (SSSR count). The molecule has 0 aliphatic heterocycles. The number of hydrogen-bond acceptors (Lipinski definition) is 2. The van der Waals surface area contributed by atoms with E-state index in [4.69, 9.17) is 0 Å². The van der Waals surface area contributed by atoms with Gasteiger partial charge in [0.1, 0.15) is 0 Å². The van der Waals surface area contributed by atoms with Crippen LogP contribution in [0.4, 0.5) is 0 Å². The van der Waals surface area contributed by atoms with E-state index in [1.165, 1.54) is 0 Å². The molecule has 0 atom stereocenters. The Hall–Kier alpha value is -1.39. The molecule has 0 aliphatic carbocycles. The number of rotatable bonds is 6. The summed E-state index contributed by atoms with van der Waals surface area (Å²) in [5.41, 5.74) is 0. The molecule has 0 unspecified atom stereocenters. The lowest BCUT2D eigenvalue weighted by Gasteiger charge is -2.25. The minimum absolute atomic E-state index is 0.300. The third-order valence-corrected chi connectivity index (χ3v) is 5.32. The molecule has 2 aromatic rings. The highest BCUT2D eigenvalue weighted by Crippen LogP contribution is 2.23. The van der Waals surface area contributed by atoms with Gasteiger partial charge in [-0.2, -0.15) is 4.31 Å². The molecule has 3 nitrogen and oxygen atoms in total. The van der Waals surface area contributed by atoms with Gasteiger partial charge in [0.15, 0.2) is 0 Å². The van der Waals surface area contributed by atoms with Crippen LogP contribution in [0.15, 0.2) is 47.4 Å². The highest BCUT2D eigenvalue weighted by molar-refractivity contribution is 7.89. The number of sulfonamides is 1. The molecular weight excluding hydrogens is 294 g/mol. The predicted molar refractivity (Wildman–Crippen MR) is 92.4 cm³/mol. The maximum atomic E-state index is 13.0. The molecule has 0 heterocycles. The molecule has 0 saturated heterocycles. The first-order chi connectivity index (χ1) is 10.3. The van der Waals surface area contributed by atoms with E-state index in [1.807, 2.05) is 58.0 Å². The molecule has 22 heavy (non-hydrogen) atoms. The molecule has 2 aromatic carbocycles. The van der Waals surface area contributed by atoms with Crippen LogP contribution >= 0.6 is 0 Å². The average Bonchev–Trinajstić information content (AvgIpc) is 2.45. The summed E-state index contributed by atoms with van der Waals surface area (Å²) in [6.07, 6.45) is 0. The van der Waals surface area contributed by atoms with Gasteiger partial charge in [0.25, 0.3) is 0 Å². The summed E-state index contributed by atoms with van der Waals surface area (Å²) in [7, 11) is -3.45. The van der Waals surface area contributed by atoms with Crippen molar-refractivity contribution < 1.29 is 8.42 Å². The van der Waals surface area contributed by atoms with Crippen LogP contribution < -0.4 is 0 Å². The van der Waals surface area contributed by atoms with Crippen molar-refractivity contribution in [1.82, 2.24) is 4.31 Å². The van der Waals surface area contributed by atoms with Gasteiger partial charge in [0.2, 0.25) is 10.0 Å². The third kappa shape index (κ3) is 3.87. The van der Waals surface area contributed by atoms with Gasteiger partial charge in [0.05, 0.1) is 4.90 Å². The second-order valence-corrected chi connectivity index (χ2v) is 8.56. The fraction of sp³-hybridized carbons (Fsp3) is 0.444. The summed E-state index contributed by atoms with van der Waals surface area (Å²) in [5.74, 6) is 0.600. The van der Waals surface area contributed by atoms with Gasteiger partial charge < -0.3 is 0 Å². The van der Waals surface area contributed by atoms with E-state index < -0.39 is 10.0 Å². The number of benzene rings is 2. The van der Waals surface area contributed by atoms with E-state index >= 15 is 0 Å². The van der Waals surface area contributed by atoms with Gasteiger partial charge in [-0.25, -0.2) is 8.42 Å². The molecule has 0 radical (unpaired) electrons. The SMILES string of the molecule is CC(C)CN(CC(C)C)S(=O)(=O)c1ccc2ccccc2c1. The first-order valence-electron chi connectivity index (χ1n) is 7.79. The van der Waals surface area contributed by atoms with Gasteiger partial charge in [-0.3, -0.25) is 0 Å². The lowest BCUT2D eigenvalue weighted by atomic mass is 10.1. The van der Waals surface area contributed by atoms with Crippen LogP contribution in [0.5, 0.6) is 0 Å². The van der Waals surface area contributed by atoms with Gasteiger partial charge in [-0.15, -0.1) is 0 Å². The molecule has 0 aliphatic rings. The minimum atomic E-state index is -3.45. The van der Waals surface area contributed by atoms with Crippen molar-refractivity contribution in [3.8, 4) is 0 Å². The Bertz CT molecular complexity index is 726. The van der Waals surface area contributed by atoms with Crippen LogP contribution in [0, 0.1) is 11.8 Å². The first-order valence-corrected chi connectivity index (χ1v) is 9.23.